The van der Waals surface area contributed by atoms with Gasteiger partial charge < -0.3 is 4.90 Å². The minimum absolute atomic E-state index is 0.550. The van der Waals surface area contributed by atoms with Gasteiger partial charge >= 0.3 is 0 Å². The number of anilines is 2. The first kappa shape index (κ1) is 14.8. The summed E-state index contributed by atoms with van der Waals surface area (Å²) in [4.78, 5) is 10.6. The maximum Gasteiger partial charge on any atom is 0.140 e. The molecule has 0 atom stereocenters. The molecule has 0 saturated heterocycles. The molecule has 0 amide bonds. The van der Waals surface area contributed by atoms with Crippen molar-refractivity contribution in [2.24, 2.45) is 0 Å². The molecule has 0 aliphatic carbocycles. The fraction of sp³-hybridized carbons (Fsp3) is 0.375. The first-order chi connectivity index (χ1) is 9.54. The predicted octanol–water partition coefficient (Wildman–Crippen LogP) is 4.47. The Morgan fingerprint density at radius 2 is 1.95 bits per heavy atom. The molecule has 3 nitrogen and oxygen atoms in total. The molecule has 4 heteroatoms. The number of nitrogens with zero attached hydrogens (tertiary/aromatic N) is 3. The molecule has 0 aliphatic rings. The molecular formula is C16H20ClN3. The fourth-order valence-corrected chi connectivity index (χ4v) is 2.65. The number of hydrogen-bond donors (Lipinski definition) is 0. The second kappa shape index (κ2) is 6.23. The van der Waals surface area contributed by atoms with Gasteiger partial charge in [0, 0.05) is 18.3 Å². The van der Waals surface area contributed by atoms with E-state index in [1.54, 1.807) is 0 Å². The molecule has 2 aromatic rings. The maximum atomic E-state index is 6.23. The third kappa shape index (κ3) is 2.93. The van der Waals surface area contributed by atoms with Crippen LogP contribution in [-0.2, 0) is 6.42 Å². The van der Waals surface area contributed by atoms with Gasteiger partial charge in [0.1, 0.15) is 17.3 Å². The minimum atomic E-state index is 0.550. The van der Waals surface area contributed by atoms with Gasteiger partial charge in [-0.2, -0.15) is 0 Å². The zero-order valence-corrected chi connectivity index (χ0v) is 13.2. The third-order valence-electron chi connectivity index (χ3n) is 3.40. The summed E-state index contributed by atoms with van der Waals surface area (Å²) in [6, 6.07) is 6.41. The summed E-state index contributed by atoms with van der Waals surface area (Å²) in [6.45, 7) is 6.34. The number of halogens is 1. The van der Waals surface area contributed by atoms with E-state index in [9.17, 15) is 0 Å². The lowest BCUT2D eigenvalue weighted by Crippen LogP contribution is -2.15. The molecule has 0 aliphatic heterocycles. The molecule has 106 valence electrons. The average molecular weight is 290 g/mol. The van der Waals surface area contributed by atoms with Crippen molar-refractivity contribution in [3.05, 3.63) is 46.4 Å². The minimum Gasteiger partial charge on any atom is -0.329 e. The number of aryl methyl sites for hydroxylation is 2. The number of rotatable bonds is 4. The van der Waals surface area contributed by atoms with Gasteiger partial charge in [0.15, 0.2) is 0 Å². The van der Waals surface area contributed by atoms with E-state index in [-0.39, 0.29) is 0 Å². The van der Waals surface area contributed by atoms with Crippen molar-refractivity contribution < 1.29 is 0 Å². The first-order valence-corrected chi connectivity index (χ1v) is 7.22. The molecule has 0 spiro atoms. The van der Waals surface area contributed by atoms with Crippen LogP contribution in [0, 0.1) is 13.8 Å². The van der Waals surface area contributed by atoms with Crippen LogP contribution in [0.1, 0.15) is 30.0 Å². The van der Waals surface area contributed by atoms with Gasteiger partial charge in [0.2, 0.25) is 0 Å². The Bertz CT molecular complexity index is 611. The molecule has 0 bridgehead atoms. The van der Waals surface area contributed by atoms with E-state index in [1.807, 2.05) is 7.05 Å². The zero-order chi connectivity index (χ0) is 14.7. The van der Waals surface area contributed by atoms with Crippen molar-refractivity contribution in [1.29, 1.82) is 0 Å². The largest absolute Gasteiger partial charge is 0.329 e. The zero-order valence-electron chi connectivity index (χ0n) is 12.4. The van der Waals surface area contributed by atoms with Crippen LogP contribution >= 0.6 is 11.6 Å². The lowest BCUT2D eigenvalue weighted by atomic mass is 10.1. The average Bonchev–Trinajstić information content (AvgIpc) is 2.40. The lowest BCUT2D eigenvalue weighted by molar-refractivity contribution is 0.891. The number of benzene rings is 1. The quantitative estimate of drug-likeness (QED) is 0.778. The van der Waals surface area contributed by atoms with Gasteiger partial charge in [-0.25, -0.2) is 9.97 Å². The van der Waals surface area contributed by atoms with Crippen LogP contribution in [0.3, 0.4) is 0 Å². The molecule has 1 aromatic heterocycles. The van der Waals surface area contributed by atoms with E-state index in [2.05, 4.69) is 53.8 Å². The summed E-state index contributed by atoms with van der Waals surface area (Å²) < 4.78 is 0. The highest BCUT2D eigenvalue weighted by Gasteiger charge is 2.15. The molecule has 0 unspecified atom stereocenters. The van der Waals surface area contributed by atoms with E-state index in [1.165, 1.54) is 17.5 Å². The molecular weight excluding hydrogens is 270 g/mol. The van der Waals surface area contributed by atoms with Crippen LogP contribution in [0.15, 0.2) is 24.5 Å². The van der Waals surface area contributed by atoms with Crippen LogP contribution in [-0.4, -0.2) is 17.0 Å². The Morgan fingerprint density at radius 3 is 2.60 bits per heavy atom. The predicted molar refractivity (Wildman–Crippen MR) is 85.0 cm³/mol. The van der Waals surface area contributed by atoms with Gasteiger partial charge in [0.05, 0.1) is 0 Å². The Labute approximate surface area is 125 Å². The molecule has 0 saturated carbocycles. The van der Waals surface area contributed by atoms with Crippen molar-refractivity contribution in [3.63, 3.8) is 0 Å². The van der Waals surface area contributed by atoms with E-state index in [4.69, 9.17) is 11.6 Å². The molecule has 0 N–H and O–H groups in total. The molecule has 20 heavy (non-hydrogen) atoms. The highest BCUT2D eigenvalue weighted by molar-refractivity contribution is 6.30. The Balaban J connectivity index is 2.47. The monoisotopic (exact) mass is 289 g/mol. The molecule has 1 aromatic carbocycles. The van der Waals surface area contributed by atoms with Crippen molar-refractivity contribution >= 4 is 23.1 Å². The molecule has 1 heterocycles. The Hall–Kier alpha value is -1.61. The van der Waals surface area contributed by atoms with Crippen molar-refractivity contribution in [1.82, 2.24) is 9.97 Å². The second-order valence-electron chi connectivity index (χ2n) is 5.07. The van der Waals surface area contributed by atoms with Crippen molar-refractivity contribution in [2.75, 3.05) is 11.9 Å². The normalized spacial score (nSPS) is 10.7. The molecule has 0 radical (unpaired) electrons. The van der Waals surface area contributed by atoms with Crippen LogP contribution < -0.4 is 4.90 Å². The summed E-state index contributed by atoms with van der Waals surface area (Å²) in [7, 11) is 2.02. The second-order valence-corrected chi connectivity index (χ2v) is 5.42. The highest BCUT2D eigenvalue weighted by atomic mass is 35.5. The summed E-state index contributed by atoms with van der Waals surface area (Å²) in [5.41, 5.74) is 4.64. The summed E-state index contributed by atoms with van der Waals surface area (Å²) in [6.07, 6.45) is 3.42. The van der Waals surface area contributed by atoms with Gasteiger partial charge in [0.25, 0.3) is 0 Å². The van der Waals surface area contributed by atoms with Crippen LogP contribution in [0.4, 0.5) is 11.5 Å². The van der Waals surface area contributed by atoms with E-state index >= 15 is 0 Å². The molecule has 2 rings (SSSR count). The van der Waals surface area contributed by atoms with Gasteiger partial charge in [-0.3, -0.25) is 0 Å². The maximum absolute atomic E-state index is 6.23. The smallest absolute Gasteiger partial charge is 0.140 e. The lowest BCUT2D eigenvalue weighted by Gasteiger charge is -2.23. The third-order valence-corrected chi connectivity index (χ3v) is 3.73. The van der Waals surface area contributed by atoms with E-state index in [0.717, 1.165) is 29.9 Å². The highest BCUT2D eigenvalue weighted by Crippen LogP contribution is 2.31. The van der Waals surface area contributed by atoms with Gasteiger partial charge in [-0.1, -0.05) is 42.6 Å². The number of aromatic nitrogens is 2. The summed E-state index contributed by atoms with van der Waals surface area (Å²) in [5, 5.41) is 0.550. The first-order valence-electron chi connectivity index (χ1n) is 6.85. The SMILES string of the molecule is CCCc1c(Cl)ncnc1N(C)c1ccc(C)cc1C. The Kier molecular flexibility index (Phi) is 4.61. The van der Waals surface area contributed by atoms with Gasteiger partial charge in [-0.15, -0.1) is 0 Å². The van der Waals surface area contributed by atoms with Gasteiger partial charge in [-0.05, 0) is 31.9 Å². The standard InChI is InChI=1S/C16H20ClN3/c1-5-6-13-15(17)18-10-19-16(13)20(4)14-8-7-11(2)9-12(14)3/h7-10H,5-6H2,1-4H3. The number of hydrogen-bond acceptors (Lipinski definition) is 3. The van der Waals surface area contributed by atoms with Crippen molar-refractivity contribution in [3.8, 4) is 0 Å². The fourth-order valence-electron chi connectivity index (χ4n) is 2.43. The topological polar surface area (TPSA) is 29.0 Å². The van der Waals surface area contributed by atoms with Crippen molar-refractivity contribution in [2.45, 2.75) is 33.6 Å². The Morgan fingerprint density at radius 1 is 1.20 bits per heavy atom. The van der Waals surface area contributed by atoms with Crippen LogP contribution in [0.5, 0.6) is 0 Å². The summed E-state index contributed by atoms with van der Waals surface area (Å²) in [5.74, 6) is 0.888. The van der Waals surface area contributed by atoms with E-state index < -0.39 is 0 Å². The summed E-state index contributed by atoms with van der Waals surface area (Å²) >= 11 is 6.23. The van der Waals surface area contributed by atoms with E-state index in [0.29, 0.717) is 5.15 Å². The molecule has 0 fully saturated rings. The van der Waals surface area contributed by atoms with Crippen LogP contribution in [0.2, 0.25) is 5.15 Å². The van der Waals surface area contributed by atoms with Crippen LogP contribution in [0.25, 0.3) is 0 Å².